The summed E-state index contributed by atoms with van der Waals surface area (Å²) in [5.41, 5.74) is 11.0. The van der Waals surface area contributed by atoms with E-state index in [0.29, 0.717) is 0 Å². The van der Waals surface area contributed by atoms with Gasteiger partial charge in [0.2, 0.25) is 0 Å². The van der Waals surface area contributed by atoms with Crippen LogP contribution in [0.1, 0.15) is 0 Å². The van der Waals surface area contributed by atoms with Gasteiger partial charge in [-0.25, -0.2) is 0 Å². The van der Waals surface area contributed by atoms with Crippen molar-refractivity contribution in [1.82, 2.24) is 0 Å². The third-order valence-corrected chi connectivity index (χ3v) is 8.99. The molecule has 264 valence electrons. The Morgan fingerprint density at radius 2 is 0.426 bits per heavy atom. The van der Waals surface area contributed by atoms with Crippen LogP contribution in [0, 0.1) is 0 Å². The normalized spacial score (nSPS) is 10.3. The molecule has 0 heterocycles. The van der Waals surface area contributed by atoms with Crippen LogP contribution < -0.4 is 0 Å². The second-order valence-electron chi connectivity index (χ2n) is 12.4. The smallest absolute Gasteiger partial charge is 0.197 e. The third kappa shape index (κ3) is 8.53. The fraction of sp³-hybridized carbons (Fsp3) is 0. The number of aromatic hydroxyl groups is 4. The first-order chi connectivity index (χ1) is 26.4. The van der Waals surface area contributed by atoms with Crippen molar-refractivity contribution in [2.75, 3.05) is 0 Å². The number of hydrogen-bond acceptors (Lipinski definition) is 6. The van der Waals surface area contributed by atoms with E-state index in [1.54, 1.807) is 24.3 Å². The van der Waals surface area contributed by atoms with Gasteiger partial charge in [0.25, 0.3) is 0 Å². The monoisotopic (exact) mass is 724 g/mol. The molecule has 0 aliphatic rings. The van der Waals surface area contributed by atoms with E-state index < -0.39 is 0 Å². The Labute approximate surface area is 319 Å². The Kier molecular flexibility index (Phi) is 11.9. The molecule has 0 bridgehead atoms. The van der Waals surface area contributed by atoms with Crippen LogP contribution in [0.15, 0.2) is 194 Å². The number of phenolic OH excluding ortho intramolecular Hbond substituents is 4. The number of benzene rings is 8. The average molecular weight is 725 g/mol. The van der Waals surface area contributed by atoms with Gasteiger partial charge in [0.15, 0.2) is 12.5 Å². The molecular formula is C48H36O5S. The Balaban J connectivity index is 0.000000176. The molecule has 0 radical (unpaired) electrons. The predicted molar refractivity (Wildman–Crippen MR) is 220 cm³/mol. The zero-order valence-corrected chi connectivity index (χ0v) is 29.9. The van der Waals surface area contributed by atoms with E-state index in [4.69, 9.17) is 4.21 Å². The van der Waals surface area contributed by atoms with Crippen LogP contribution in [0.4, 0.5) is 0 Å². The van der Waals surface area contributed by atoms with Gasteiger partial charge in [-0.2, -0.15) is 4.21 Å². The van der Waals surface area contributed by atoms with Crippen molar-refractivity contribution < 1.29 is 24.6 Å². The summed E-state index contributed by atoms with van der Waals surface area (Å²) in [5, 5.41) is 41.1. The van der Waals surface area contributed by atoms with Gasteiger partial charge in [-0.15, -0.1) is 0 Å². The quantitative estimate of drug-likeness (QED) is 0.136. The Morgan fingerprint density at radius 3 is 0.611 bits per heavy atom. The van der Waals surface area contributed by atoms with Gasteiger partial charge in [0.1, 0.15) is 23.0 Å². The summed E-state index contributed by atoms with van der Waals surface area (Å²) in [6, 6.07) is 61.6. The predicted octanol–water partition coefficient (Wildman–Crippen LogP) is 11.9. The first-order valence-corrected chi connectivity index (χ1v) is 17.5. The maximum Gasteiger partial charge on any atom is 0.197 e. The van der Waals surface area contributed by atoms with Crippen LogP contribution in [0.25, 0.3) is 66.8 Å². The summed E-state index contributed by atoms with van der Waals surface area (Å²) in [7, 11) is 0. The van der Waals surface area contributed by atoms with Gasteiger partial charge < -0.3 is 20.4 Å². The zero-order valence-electron chi connectivity index (χ0n) is 29.1. The maximum absolute atomic E-state index is 10.3. The van der Waals surface area contributed by atoms with Crippen LogP contribution in [-0.2, 0) is 12.5 Å². The van der Waals surface area contributed by atoms with Crippen LogP contribution in [0.2, 0.25) is 0 Å². The lowest BCUT2D eigenvalue weighted by Gasteiger charge is -2.11. The van der Waals surface area contributed by atoms with E-state index in [1.807, 2.05) is 170 Å². The van der Waals surface area contributed by atoms with Gasteiger partial charge in [0, 0.05) is 22.3 Å². The molecule has 0 spiro atoms. The van der Waals surface area contributed by atoms with Crippen molar-refractivity contribution in [3.63, 3.8) is 0 Å². The van der Waals surface area contributed by atoms with Crippen LogP contribution in [-0.4, -0.2) is 24.6 Å². The van der Waals surface area contributed by atoms with Crippen LogP contribution in [0.5, 0.6) is 23.0 Å². The summed E-state index contributed by atoms with van der Waals surface area (Å²) in [6.07, 6.45) is 0. The molecular weight excluding hydrogens is 689 g/mol. The molecule has 0 aliphatic carbocycles. The molecule has 0 unspecified atom stereocenters. The van der Waals surface area contributed by atoms with E-state index in [1.165, 1.54) is 0 Å². The highest BCUT2D eigenvalue weighted by atomic mass is 32.1. The molecule has 0 aromatic heterocycles. The van der Waals surface area contributed by atoms with E-state index in [-0.39, 0.29) is 23.0 Å². The van der Waals surface area contributed by atoms with Gasteiger partial charge in [-0.3, -0.25) is 0 Å². The number of phenols is 4. The Bertz CT molecular complexity index is 2110. The second-order valence-corrected chi connectivity index (χ2v) is 12.4. The van der Waals surface area contributed by atoms with Crippen molar-refractivity contribution in [2.24, 2.45) is 0 Å². The van der Waals surface area contributed by atoms with Gasteiger partial charge >= 0.3 is 0 Å². The Morgan fingerprint density at radius 1 is 0.241 bits per heavy atom. The SMILES string of the molecule is O=S.Oc1ccc(-c2ccc(O)c(-c3ccccc3)c2)cc1-c1ccccc1.Oc1ccc(-c2ccc(O)c(-c3ccccc3)c2)cc1-c1ccccc1. The minimum Gasteiger partial charge on any atom is -0.507 e. The largest absolute Gasteiger partial charge is 0.507 e. The lowest BCUT2D eigenvalue weighted by molar-refractivity contribution is 0.476. The minimum atomic E-state index is 0.252. The van der Waals surface area contributed by atoms with E-state index in [2.05, 4.69) is 12.5 Å². The molecule has 8 rings (SSSR count). The highest BCUT2D eigenvalue weighted by Gasteiger charge is 2.12. The molecule has 0 fully saturated rings. The molecule has 8 aromatic carbocycles. The molecule has 0 atom stereocenters. The average Bonchev–Trinajstić information content (AvgIpc) is 3.24. The lowest BCUT2D eigenvalue weighted by Crippen LogP contribution is -1.85. The molecule has 8 aromatic rings. The van der Waals surface area contributed by atoms with Crippen molar-refractivity contribution in [3.8, 4) is 89.8 Å². The number of hydrogen-bond donors (Lipinski definition) is 4. The molecule has 54 heavy (non-hydrogen) atoms. The molecule has 0 saturated carbocycles. The van der Waals surface area contributed by atoms with Crippen molar-refractivity contribution in [1.29, 1.82) is 0 Å². The standard InChI is InChI=1S/2C24H18O2.OS/c2*25-23-13-11-19(15-21(23)17-7-3-1-4-8-17)20-12-14-24(26)22(16-20)18-9-5-2-6-10-18;1-2/h2*1-16,25-26H;. The Hall–Kier alpha value is -7.02. The molecule has 0 aliphatic heterocycles. The second kappa shape index (κ2) is 17.5. The molecule has 0 saturated heterocycles. The van der Waals surface area contributed by atoms with Crippen molar-refractivity contribution in [3.05, 3.63) is 194 Å². The van der Waals surface area contributed by atoms with E-state index in [0.717, 1.165) is 66.8 Å². The topological polar surface area (TPSA) is 98.0 Å². The maximum atomic E-state index is 10.3. The first-order valence-electron chi connectivity index (χ1n) is 17.2. The minimum absolute atomic E-state index is 0.252. The molecule has 0 amide bonds. The number of rotatable bonds is 6. The van der Waals surface area contributed by atoms with Gasteiger partial charge in [-0.05, 0) is 93.0 Å². The van der Waals surface area contributed by atoms with Crippen LogP contribution >= 0.6 is 0 Å². The van der Waals surface area contributed by atoms with Crippen LogP contribution in [0.3, 0.4) is 0 Å². The third-order valence-electron chi connectivity index (χ3n) is 8.99. The molecule has 6 heteroatoms. The first kappa shape index (κ1) is 36.8. The fourth-order valence-electron chi connectivity index (χ4n) is 6.26. The fourth-order valence-corrected chi connectivity index (χ4v) is 6.26. The van der Waals surface area contributed by atoms with Crippen molar-refractivity contribution in [2.45, 2.75) is 0 Å². The molecule has 5 nitrogen and oxygen atoms in total. The zero-order chi connectivity index (χ0) is 37.9. The van der Waals surface area contributed by atoms with Crippen molar-refractivity contribution >= 4 is 12.5 Å². The van der Waals surface area contributed by atoms with Gasteiger partial charge in [-0.1, -0.05) is 146 Å². The molecule has 4 N–H and O–H groups in total. The van der Waals surface area contributed by atoms with Gasteiger partial charge in [0.05, 0.1) is 0 Å². The highest BCUT2D eigenvalue weighted by molar-refractivity contribution is 7.44. The summed E-state index contributed by atoms with van der Waals surface area (Å²) < 4.78 is 7.83. The lowest BCUT2D eigenvalue weighted by atomic mass is 9.95. The summed E-state index contributed by atoms with van der Waals surface area (Å²) in [5.74, 6) is 1.01. The summed E-state index contributed by atoms with van der Waals surface area (Å²) >= 11 is 2.83. The summed E-state index contributed by atoms with van der Waals surface area (Å²) in [6.45, 7) is 0. The van der Waals surface area contributed by atoms with E-state index >= 15 is 0 Å². The summed E-state index contributed by atoms with van der Waals surface area (Å²) in [4.78, 5) is 0. The highest BCUT2D eigenvalue weighted by Crippen LogP contribution is 2.39. The van der Waals surface area contributed by atoms with E-state index in [9.17, 15) is 20.4 Å².